The van der Waals surface area contributed by atoms with Crippen molar-refractivity contribution in [1.29, 1.82) is 0 Å². The number of halogens is 1. The summed E-state index contributed by atoms with van der Waals surface area (Å²) in [5.41, 5.74) is 1.44. The lowest BCUT2D eigenvalue weighted by Gasteiger charge is -2.37. The van der Waals surface area contributed by atoms with Gasteiger partial charge in [-0.3, -0.25) is 4.79 Å². The molecule has 0 atom stereocenters. The van der Waals surface area contributed by atoms with Crippen LogP contribution in [-0.4, -0.2) is 36.6 Å². The number of carbonyl (C=O) groups is 2. The molecule has 1 aromatic heterocycles. The Labute approximate surface area is 164 Å². The highest BCUT2D eigenvalue weighted by Crippen LogP contribution is 2.34. The van der Waals surface area contributed by atoms with Crippen LogP contribution < -0.4 is 10.2 Å². The second-order valence-electron chi connectivity index (χ2n) is 6.47. The summed E-state index contributed by atoms with van der Waals surface area (Å²) in [6.07, 6.45) is 0. The first kappa shape index (κ1) is 18.4. The van der Waals surface area contributed by atoms with Crippen LogP contribution in [0.2, 0.25) is 0 Å². The highest BCUT2D eigenvalue weighted by Gasteiger charge is 2.34. The third-order valence-electron chi connectivity index (χ3n) is 4.54. The van der Waals surface area contributed by atoms with E-state index in [1.807, 2.05) is 11.0 Å². The molecule has 1 aliphatic heterocycles. The third-order valence-corrected chi connectivity index (χ3v) is 5.63. The van der Waals surface area contributed by atoms with Crippen molar-refractivity contribution < 1.29 is 18.7 Å². The Morgan fingerprint density at radius 2 is 2.00 bits per heavy atom. The van der Waals surface area contributed by atoms with Gasteiger partial charge in [-0.1, -0.05) is 17.4 Å². The van der Waals surface area contributed by atoms with Gasteiger partial charge in [0, 0.05) is 18.8 Å². The first-order valence-electron chi connectivity index (χ1n) is 8.93. The molecule has 2 aromatic carbocycles. The SMILES string of the molecule is CCOC(=O)c1ccc(NC(=O)C2CN(c3nc4c(F)cccc4s3)C2)cc1. The number of nitrogens with zero attached hydrogens (tertiary/aromatic N) is 2. The summed E-state index contributed by atoms with van der Waals surface area (Å²) >= 11 is 1.42. The summed E-state index contributed by atoms with van der Waals surface area (Å²) in [6, 6.07) is 11.5. The van der Waals surface area contributed by atoms with Crippen LogP contribution in [0.4, 0.5) is 15.2 Å². The minimum atomic E-state index is -0.387. The molecule has 144 valence electrons. The molecule has 3 aromatic rings. The van der Waals surface area contributed by atoms with E-state index < -0.39 is 0 Å². The maximum Gasteiger partial charge on any atom is 0.338 e. The number of hydrogen-bond donors (Lipinski definition) is 1. The number of esters is 1. The summed E-state index contributed by atoms with van der Waals surface area (Å²) in [4.78, 5) is 30.4. The first-order chi connectivity index (χ1) is 13.5. The van der Waals surface area contributed by atoms with Crippen LogP contribution in [-0.2, 0) is 9.53 Å². The molecule has 1 fully saturated rings. The van der Waals surface area contributed by atoms with Crippen LogP contribution in [0.15, 0.2) is 42.5 Å². The first-order valence-corrected chi connectivity index (χ1v) is 9.75. The van der Waals surface area contributed by atoms with Gasteiger partial charge in [0.1, 0.15) is 11.3 Å². The number of para-hydroxylation sites is 1. The molecule has 2 heterocycles. The van der Waals surface area contributed by atoms with E-state index in [4.69, 9.17) is 4.74 Å². The molecule has 0 spiro atoms. The van der Waals surface area contributed by atoms with Gasteiger partial charge in [-0.2, -0.15) is 0 Å². The van der Waals surface area contributed by atoms with Crippen molar-refractivity contribution in [2.24, 2.45) is 5.92 Å². The molecular weight excluding hydrogens is 381 g/mol. The molecule has 1 aliphatic rings. The molecule has 0 bridgehead atoms. The molecule has 0 radical (unpaired) electrons. The normalized spacial score (nSPS) is 14.0. The number of nitrogens with one attached hydrogen (secondary N) is 1. The lowest BCUT2D eigenvalue weighted by molar-refractivity contribution is -0.120. The van der Waals surface area contributed by atoms with Crippen molar-refractivity contribution >= 4 is 44.2 Å². The van der Waals surface area contributed by atoms with Crippen molar-refractivity contribution in [2.45, 2.75) is 6.92 Å². The number of rotatable bonds is 5. The molecule has 4 rings (SSSR count). The van der Waals surface area contributed by atoms with E-state index in [1.165, 1.54) is 17.4 Å². The number of amides is 1. The minimum absolute atomic E-state index is 0.0903. The van der Waals surface area contributed by atoms with Gasteiger partial charge in [-0.25, -0.2) is 14.2 Å². The molecule has 1 amide bonds. The lowest BCUT2D eigenvalue weighted by atomic mass is 10.00. The van der Waals surface area contributed by atoms with Gasteiger partial charge in [0.05, 0.1) is 22.8 Å². The van der Waals surface area contributed by atoms with Crippen molar-refractivity contribution in [1.82, 2.24) is 4.98 Å². The second-order valence-corrected chi connectivity index (χ2v) is 7.48. The summed E-state index contributed by atoms with van der Waals surface area (Å²) in [7, 11) is 0. The van der Waals surface area contributed by atoms with Crippen LogP contribution in [0.25, 0.3) is 10.2 Å². The minimum Gasteiger partial charge on any atom is -0.462 e. The maximum absolute atomic E-state index is 13.8. The van der Waals surface area contributed by atoms with E-state index >= 15 is 0 Å². The standard InChI is InChI=1S/C20H18FN3O3S/c1-2-27-19(26)12-6-8-14(9-7-12)22-18(25)13-10-24(11-13)20-23-17-15(21)4-3-5-16(17)28-20/h3-9,13H,2,10-11H2,1H3,(H,22,25). The summed E-state index contributed by atoms with van der Waals surface area (Å²) in [5.74, 6) is -0.975. The third kappa shape index (κ3) is 3.55. The van der Waals surface area contributed by atoms with Crippen molar-refractivity contribution in [3.63, 3.8) is 0 Å². The zero-order chi connectivity index (χ0) is 19.7. The predicted molar refractivity (Wildman–Crippen MR) is 106 cm³/mol. The fourth-order valence-electron chi connectivity index (χ4n) is 2.99. The van der Waals surface area contributed by atoms with Gasteiger partial charge in [0.15, 0.2) is 5.13 Å². The average molecular weight is 399 g/mol. The molecule has 6 nitrogen and oxygen atoms in total. The van der Waals surface area contributed by atoms with Gasteiger partial charge in [-0.05, 0) is 43.3 Å². The van der Waals surface area contributed by atoms with Gasteiger partial charge in [0.2, 0.25) is 5.91 Å². The van der Waals surface area contributed by atoms with E-state index in [1.54, 1.807) is 37.3 Å². The molecule has 1 N–H and O–H groups in total. The predicted octanol–water partition coefficient (Wildman–Crippen LogP) is 3.69. The van der Waals surface area contributed by atoms with Gasteiger partial charge < -0.3 is 15.0 Å². The largest absolute Gasteiger partial charge is 0.462 e. The average Bonchev–Trinajstić information content (AvgIpc) is 3.06. The molecule has 0 unspecified atom stereocenters. The Hall–Kier alpha value is -3.00. The van der Waals surface area contributed by atoms with Crippen molar-refractivity contribution in [2.75, 3.05) is 29.9 Å². The van der Waals surface area contributed by atoms with Crippen LogP contribution in [0, 0.1) is 11.7 Å². The van der Waals surface area contributed by atoms with Crippen LogP contribution >= 0.6 is 11.3 Å². The van der Waals surface area contributed by atoms with Crippen LogP contribution in [0.3, 0.4) is 0 Å². The zero-order valence-electron chi connectivity index (χ0n) is 15.1. The molecule has 8 heteroatoms. The molecule has 28 heavy (non-hydrogen) atoms. The summed E-state index contributed by atoms with van der Waals surface area (Å²) < 4.78 is 19.5. The number of anilines is 2. The fraction of sp³-hybridized carbons (Fsp3) is 0.250. The number of hydrogen-bond acceptors (Lipinski definition) is 6. The maximum atomic E-state index is 13.8. The van der Waals surface area contributed by atoms with Crippen molar-refractivity contribution in [3.05, 3.63) is 53.8 Å². The lowest BCUT2D eigenvalue weighted by Crippen LogP contribution is -2.52. The van der Waals surface area contributed by atoms with E-state index in [-0.39, 0.29) is 23.6 Å². The number of fused-ring (bicyclic) bond motifs is 1. The zero-order valence-corrected chi connectivity index (χ0v) is 16.0. The van der Waals surface area contributed by atoms with E-state index in [0.717, 1.165) is 9.83 Å². The van der Waals surface area contributed by atoms with Gasteiger partial charge >= 0.3 is 5.97 Å². The second kappa shape index (κ2) is 7.55. The number of ether oxygens (including phenoxy) is 1. The fourth-order valence-corrected chi connectivity index (χ4v) is 3.99. The van der Waals surface area contributed by atoms with Gasteiger partial charge in [0.25, 0.3) is 0 Å². The van der Waals surface area contributed by atoms with Gasteiger partial charge in [-0.15, -0.1) is 0 Å². The number of carbonyl (C=O) groups excluding carboxylic acids is 2. The Morgan fingerprint density at radius 3 is 2.68 bits per heavy atom. The monoisotopic (exact) mass is 399 g/mol. The molecular formula is C20H18FN3O3S. The Kier molecular flexibility index (Phi) is 4.95. The number of thiazole rings is 1. The molecule has 1 saturated heterocycles. The summed E-state index contributed by atoms with van der Waals surface area (Å²) in [5, 5.41) is 3.58. The van der Waals surface area contributed by atoms with E-state index in [0.29, 0.717) is 36.5 Å². The Balaban J connectivity index is 1.34. The van der Waals surface area contributed by atoms with Crippen LogP contribution in [0.5, 0.6) is 0 Å². The van der Waals surface area contributed by atoms with E-state index in [9.17, 15) is 14.0 Å². The Bertz CT molecular complexity index is 1030. The van der Waals surface area contributed by atoms with E-state index in [2.05, 4.69) is 10.3 Å². The number of benzene rings is 2. The topological polar surface area (TPSA) is 71.5 Å². The quantitative estimate of drug-likeness (QED) is 0.663. The van der Waals surface area contributed by atoms with Crippen LogP contribution in [0.1, 0.15) is 17.3 Å². The molecule has 0 saturated carbocycles. The molecule has 0 aliphatic carbocycles. The smallest absolute Gasteiger partial charge is 0.338 e. The highest BCUT2D eigenvalue weighted by molar-refractivity contribution is 7.22. The highest BCUT2D eigenvalue weighted by atomic mass is 32.1. The van der Waals surface area contributed by atoms with Crippen molar-refractivity contribution in [3.8, 4) is 0 Å². The summed E-state index contributed by atoms with van der Waals surface area (Å²) in [6.45, 7) is 3.14. The number of aromatic nitrogens is 1. The Morgan fingerprint density at radius 1 is 1.25 bits per heavy atom.